The molecular formula is C16H14BrNO3. The molecule has 0 aliphatic carbocycles. The lowest BCUT2D eigenvalue weighted by molar-refractivity contribution is -0.125. The molecule has 4 nitrogen and oxygen atoms in total. The molecule has 0 aromatic heterocycles. The third-order valence-electron chi connectivity index (χ3n) is 3.23. The second kappa shape index (κ2) is 5.77. The van der Waals surface area contributed by atoms with Crippen LogP contribution < -0.4 is 14.8 Å². The van der Waals surface area contributed by atoms with Gasteiger partial charge in [0, 0.05) is 10.2 Å². The Labute approximate surface area is 131 Å². The lowest BCUT2D eigenvalue weighted by Gasteiger charge is -2.25. The van der Waals surface area contributed by atoms with E-state index in [9.17, 15) is 4.79 Å². The molecule has 1 heterocycles. The number of anilines is 1. The monoisotopic (exact) mass is 347 g/mol. The molecule has 1 amide bonds. The van der Waals surface area contributed by atoms with Gasteiger partial charge < -0.3 is 14.8 Å². The highest BCUT2D eigenvalue weighted by atomic mass is 79.9. The van der Waals surface area contributed by atoms with Gasteiger partial charge in [0.2, 0.25) is 6.10 Å². The molecule has 108 valence electrons. The minimum Gasteiger partial charge on any atom is -0.485 e. The topological polar surface area (TPSA) is 47.6 Å². The molecule has 3 rings (SSSR count). The summed E-state index contributed by atoms with van der Waals surface area (Å²) in [6.45, 7) is 2.18. The fraction of sp³-hybridized carbons (Fsp3) is 0.188. The number of amides is 1. The first-order chi connectivity index (χ1) is 10.1. The van der Waals surface area contributed by atoms with Crippen LogP contribution in [0.15, 0.2) is 46.9 Å². The van der Waals surface area contributed by atoms with Gasteiger partial charge >= 0.3 is 0 Å². The molecule has 0 spiro atoms. The van der Waals surface area contributed by atoms with Crippen LogP contribution in [-0.2, 0) is 4.79 Å². The molecule has 1 atom stereocenters. The number of carbonyl (C=O) groups is 1. The van der Waals surface area contributed by atoms with Crippen LogP contribution >= 0.6 is 15.9 Å². The smallest absolute Gasteiger partial charge is 0.269 e. The Morgan fingerprint density at radius 3 is 2.76 bits per heavy atom. The largest absolute Gasteiger partial charge is 0.485 e. The highest BCUT2D eigenvalue weighted by Gasteiger charge is 2.27. The van der Waals surface area contributed by atoms with Crippen molar-refractivity contribution in [2.45, 2.75) is 13.0 Å². The van der Waals surface area contributed by atoms with Crippen molar-refractivity contribution in [3.05, 3.63) is 52.5 Å². The first-order valence-electron chi connectivity index (χ1n) is 6.59. The number of aryl methyl sites for hydroxylation is 1. The molecule has 0 bridgehead atoms. The maximum Gasteiger partial charge on any atom is 0.269 e. The molecule has 1 aliphatic rings. The quantitative estimate of drug-likeness (QED) is 0.903. The van der Waals surface area contributed by atoms with Gasteiger partial charge in [0.1, 0.15) is 6.61 Å². The second-order valence-corrected chi connectivity index (χ2v) is 5.67. The van der Waals surface area contributed by atoms with Crippen LogP contribution in [0.4, 0.5) is 5.69 Å². The molecule has 5 heteroatoms. The van der Waals surface area contributed by atoms with E-state index in [2.05, 4.69) is 21.2 Å². The lowest BCUT2D eigenvalue weighted by Crippen LogP contribution is -2.40. The van der Waals surface area contributed by atoms with E-state index in [0.717, 1.165) is 15.7 Å². The second-order valence-electron chi connectivity index (χ2n) is 4.82. The molecule has 2 aromatic rings. The molecule has 0 unspecified atom stereocenters. The van der Waals surface area contributed by atoms with E-state index in [1.54, 1.807) is 6.07 Å². The van der Waals surface area contributed by atoms with Crippen molar-refractivity contribution in [1.29, 1.82) is 0 Å². The first-order valence-corrected chi connectivity index (χ1v) is 7.38. The van der Waals surface area contributed by atoms with Crippen molar-refractivity contribution >= 4 is 27.5 Å². The van der Waals surface area contributed by atoms with Crippen molar-refractivity contribution < 1.29 is 14.3 Å². The van der Waals surface area contributed by atoms with Crippen molar-refractivity contribution in [2.75, 3.05) is 11.9 Å². The fourth-order valence-corrected chi connectivity index (χ4v) is 2.34. The zero-order valence-corrected chi connectivity index (χ0v) is 13.0. The molecule has 1 aliphatic heterocycles. The molecule has 1 N–H and O–H groups in total. The van der Waals surface area contributed by atoms with Crippen LogP contribution in [0, 0.1) is 6.92 Å². The van der Waals surface area contributed by atoms with Crippen LogP contribution in [0.1, 0.15) is 5.56 Å². The Morgan fingerprint density at radius 2 is 2.00 bits per heavy atom. The molecule has 0 saturated carbocycles. The SMILES string of the molecule is Cc1cc(NC(=O)[C@H]2COc3ccccc3O2)ccc1Br. The molecule has 0 radical (unpaired) electrons. The number of nitrogens with one attached hydrogen (secondary N) is 1. The van der Waals surface area contributed by atoms with E-state index in [1.165, 1.54) is 0 Å². The normalized spacial score (nSPS) is 16.4. The van der Waals surface area contributed by atoms with Gasteiger partial charge in [-0.05, 0) is 42.8 Å². The van der Waals surface area contributed by atoms with Crippen LogP contribution in [0.5, 0.6) is 11.5 Å². The zero-order valence-electron chi connectivity index (χ0n) is 11.4. The Bertz CT molecular complexity index is 687. The van der Waals surface area contributed by atoms with Crippen molar-refractivity contribution in [3.63, 3.8) is 0 Å². The summed E-state index contributed by atoms with van der Waals surface area (Å²) in [7, 11) is 0. The Balaban J connectivity index is 1.70. The number of fused-ring (bicyclic) bond motifs is 1. The zero-order chi connectivity index (χ0) is 14.8. The van der Waals surface area contributed by atoms with Gasteiger partial charge in [-0.3, -0.25) is 4.79 Å². The fourth-order valence-electron chi connectivity index (χ4n) is 2.09. The highest BCUT2D eigenvalue weighted by Crippen LogP contribution is 2.31. The molecular weight excluding hydrogens is 334 g/mol. The van der Waals surface area contributed by atoms with Gasteiger partial charge in [-0.25, -0.2) is 0 Å². The number of para-hydroxylation sites is 2. The van der Waals surface area contributed by atoms with Gasteiger partial charge in [-0.1, -0.05) is 28.1 Å². The molecule has 2 aromatic carbocycles. The molecule has 21 heavy (non-hydrogen) atoms. The summed E-state index contributed by atoms with van der Waals surface area (Å²) < 4.78 is 12.2. The first kappa shape index (κ1) is 13.9. The summed E-state index contributed by atoms with van der Waals surface area (Å²) in [5, 5.41) is 2.85. The lowest BCUT2D eigenvalue weighted by atomic mass is 10.2. The summed E-state index contributed by atoms with van der Waals surface area (Å²) in [5.74, 6) is 1.04. The third-order valence-corrected chi connectivity index (χ3v) is 4.12. The number of halogens is 1. The predicted octanol–water partition coefficient (Wildman–Crippen LogP) is 3.54. The average molecular weight is 348 g/mol. The minimum atomic E-state index is -0.649. The van der Waals surface area contributed by atoms with Gasteiger partial charge in [-0.2, -0.15) is 0 Å². The Morgan fingerprint density at radius 1 is 1.24 bits per heavy atom. The van der Waals surface area contributed by atoms with E-state index in [0.29, 0.717) is 11.5 Å². The minimum absolute atomic E-state index is 0.207. The highest BCUT2D eigenvalue weighted by molar-refractivity contribution is 9.10. The summed E-state index contributed by atoms with van der Waals surface area (Å²) >= 11 is 3.43. The van der Waals surface area contributed by atoms with E-state index in [4.69, 9.17) is 9.47 Å². The maximum atomic E-state index is 12.2. The number of hydrogen-bond donors (Lipinski definition) is 1. The van der Waals surface area contributed by atoms with E-state index in [-0.39, 0.29) is 12.5 Å². The molecule has 0 fully saturated rings. The van der Waals surface area contributed by atoms with E-state index in [1.807, 2.05) is 43.3 Å². The van der Waals surface area contributed by atoms with E-state index >= 15 is 0 Å². The third kappa shape index (κ3) is 3.03. The number of carbonyl (C=O) groups excluding carboxylic acids is 1. The van der Waals surface area contributed by atoms with Crippen LogP contribution in [0.2, 0.25) is 0 Å². The Kier molecular flexibility index (Phi) is 3.84. The summed E-state index contributed by atoms with van der Waals surface area (Å²) in [5.41, 5.74) is 1.79. The predicted molar refractivity (Wildman–Crippen MR) is 83.9 cm³/mol. The Hall–Kier alpha value is -2.01. The maximum absolute atomic E-state index is 12.2. The van der Waals surface area contributed by atoms with Crippen LogP contribution in [-0.4, -0.2) is 18.6 Å². The van der Waals surface area contributed by atoms with Crippen molar-refractivity contribution in [2.24, 2.45) is 0 Å². The average Bonchev–Trinajstić information content (AvgIpc) is 2.50. The number of rotatable bonds is 2. The van der Waals surface area contributed by atoms with E-state index < -0.39 is 6.10 Å². The summed E-state index contributed by atoms with van der Waals surface area (Å²) in [6.07, 6.45) is -0.649. The number of benzene rings is 2. The van der Waals surface area contributed by atoms with Crippen molar-refractivity contribution in [1.82, 2.24) is 0 Å². The summed E-state index contributed by atoms with van der Waals surface area (Å²) in [4.78, 5) is 12.2. The van der Waals surface area contributed by atoms with Gasteiger partial charge in [0.05, 0.1) is 0 Å². The number of ether oxygens (including phenoxy) is 2. The van der Waals surface area contributed by atoms with Crippen LogP contribution in [0.25, 0.3) is 0 Å². The van der Waals surface area contributed by atoms with Gasteiger partial charge in [0.25, 0.3) is 5.91 Å². The standard InChI is InChI=1S/C16H14BrNO3/c1-10-8-11(6-7-12(10)17)18-16(19)15-9-20-13-4-2-3-5-14(13)21-15/h2-8,15H,9H2,1H3,(H,18,19)/t15-/m1/s1. The number of hydrogen-bond acceptors (Lipinski definition) is 3. The van der Waals surface area contributed by atoms with Gasteiger partial charge in [0.15, 0.2) is 11.5 Å². The van der Waals surface area contributed by atoms with Crippen molar-refractivity contribution in [3.8, 4) is 11.5 Å². The van der Waals surface area contributed by atoms with Gasteiger partial charge in [-0.15, -0.1) is 0 Å². The molecule has 0 saturated heterocycles. The summed E-state index contributed by atoms with van der Waals surface area (Å²) in [6, 6.07) is 13.0. The van der Waals surface area contributed by atoms with Crippen LogP contribution in [0.3, 0.4) is 0 Å².